The van der Waals surface area contributed by atoms with Gasteiger partial charge in [-0.15, -0.1) is 0 Å². The predicted octanol–water partition coefficient (Wildman–Crippen LogP) is 3.61. The van der Waals surface area contributed by atoms with E-state index in [1.54, 1.807) is 13.8 Å². The van der Waals surface area contributed by atoms with Gasteiger partial charge in [0.15, 0.2) is 0 Å². The van der Waals surface area contributed by atoms with E-state index in [1.807, 2.05) is 13.8 Å². The number of hydrogen-bond acceptors (Lipinski definition) is 5. The van der Waals surface area contributed by atoms with E-state index in [4.69, 9.17) is 25.2 Å². The zero-order chi connectivity index (χ0) is 14.0. The number of rotatable bonds is 10. The lowest BCUT2D eigenvalue weighted by molar-refractivity contribution is 0.137. The molecule has 0 saturated heterocycles. The van der Waals surface area contributed by atoms with Crippen LogP contribution in [-0.2, 0) is 18.1 Å². The highest BCUT2D eigenvalue weighted by Crippen LogP contribution is 2.51. The summed E-state index contributed by atoms with van der Waals surface area (Å²) in [4.78, 5) is 2.08. The average Bonchev–Trinajstić information content (AvgIpc) is 2.35. The highest BCUT2D eigenvalue weighted by Gasteiger charge is 2.28. The Balaban J connectivity index is 4.62. The molecule has 18 heavy (non-hydrogen) atoms. The topological polar surface area (TPSA) is 48.0 Å². The minimum atomic E-state index is -3.55. The standard InChI is InChI=1S/C11H23ClNO4P/c1-5-13(6-2)10-11(9-12)17-18(14,15-7-3)16-8-4/h9H,5-8,10H2,1-4H3. The molecule has 0 atom stereocenters. The first kappa shape index (κ1) is 17.9. The van der Waals surface area contributed by atoms with Gasteiger partial charge >= 0.3 is 7.82 Å². The summed E-state index contributed by atoms with van der Waals surface area (Å²) in [7, 11) is -3.55. The van der Waals surface area contributed by atoms with Crippen molar-refractivity contribution in [3.8, 4) is 0 Å². The monoisotopic (exact) mass is 299 g/mol. The van der Waals surface area contributed by atoms with Crippen molar-refractivity contribution >= 4 is 19.4 Å². The van der Waals surface area contributed by atoms with Crippen molar-refractivity contribution in [2.45, 2.75) is 27.7 Å². The summed E-state index contributed by atoms with van der Waals surface area (Å²) in [6.07, 6.45) is 0. The fourth-order valence-corrected chi connectivity index (χ4v) is 2.69. The molecule has 0 amide bonds. The third-order valence-corrected chi connectivity index (χ3v) is 4.05. The lowest BCUT2D eigenvalue weighted by atomic mass is 10.4. The molecule has 0 aliphatic carbocycles. The zero-order valence-electron chi connectivity index (χ0n) is 11.5. The molecule has 0 radical (unpaired) electrons. The van der Waals surface area contributed by atoms with Crippen LogP contribution in [0.4, 0.5) is 0 Å². The molecule has 0 unspecified atom stereocenters. The molecule has 0 aromatic rings. The molecule has 0 bridgehead atoms. The number of hydrogen-bond donors (Lipinski definition) is 0. The van der Waals surface area contributed by atoms with E-state index < -0.39 is 7.82 Å². The molecule has 0 aliphatic rings. The first-order valence-corrected chi connectivity index (χ1v) is 8.05. The first-order chi connectivity index (χ1) is 8.55. The molecule has 0 aromatic carbocycles. The number of halogens is 1. The summed E-state index contributed by atoms with van der Waals surface area (Å²) in [5.41, 5.74) is 1.27. The zero-order valence-corrected chi connectivity index (χ0v) is 13.2. The fraction of sp³-hybridized carbons (Fsp3) is 0.818. The summed E-state index contributed by atoms with van der Waals surface area (Å²) in [6, 6.07) is 0. The Bertz CT molecular complexity index is 285. The molecule has 0 heterocycles. The second-order valence-corrected chi connectivity index (χ2v) is 5.22. The molecule has 0 aliphatic heterocycles. The maximum absolute atomic E-state index is 12.2. The minimum Gasteiger partial charge on any atom is -0.406 e. The Kier molecular flexibility index (Phi) is 9.78. The number of phosphoric ester groups is 1. The van der Waals surface area contributed by atoms with Crippen LogP contribution in [0.15, 0.2) is 11.3 Å². The molecular weight excluding hydrogens is 277 g/mol. The maximum atomic E-state index is 12.2. The maximum Gasteiger partial charge on any atom is 0.529 e. The Labute approximate surface area is 115 Å². The third-order valence-electron chi connectivity index (χ3n) is 2.20. The lowest BCUT2D eigenvalue weighted by Crippen LogP contribution is -2.25. The van der Waals surface area contributed by atoms with Gasteiger partial charge < -0.3 is 4.52 Å². The van der Waals surface area contributed by atoms with Crippen molar-refractivity contribution in [3.05, 3.63) is 11.3 Å². The molecule has 7 heteroatoms. The fourth-order valence-electron chi connectivity index (χ4n) is 1.30. The van der Waals surface area contributed by atoms with E-state index in [0.717, 1.165) is 13.1 Å². The van der Waals surface area contributed by atoms with Gasteiger partial charge in [0.2, 0.25) is 0 Å². The van der Waals surface area contributed by atoms with Crippen LogP contribution in [0, 0.1) is 0 Å². The van der Waals surface area contributed by atoms with E-state index in [1.165, 1.54) is 5.54 Å². The SMILES string of the molecule is CCOP(=O)(OCC)OC(=CCl)CN(CC)CC. The molecule has 0 saturated carbocycles. The number of phosphoric acid groups is 1. The van der Waals surface area contributed by atoms with E-state index in [9.17, 15) is 4.57 Å². The molecule has 0 aromatic heterocycles. The van der Waals surface area contributed by atoms with Gasteiger partial charge in [-0.2, -0.15) is 0 Å². The summed E-state index contributed by atoms with van der Waals surface area (Å²) < 4.78 is 27.5. The van der Waals surface area contributed by atoms with E-state index in [2.05, 4.69) is 4.90 Å². The van der Waals surface area contributed by atoms with Crippen LogP contribution in [0.5, 0.6) is 0 Å². The summed E-state index contributed by atoms with van der Waals surface area (Å²) in [5.74, 6) is 0.380. The van der Waals surface area contributed by atoms with Crippen LogP contribution in [0.1, 0.15) is 27.7 Å². The predicted molar refractivity (Wildman–Crippen MR) is 73.7 cm³/mol. The molecule has 0 N–H and O–H groups in total. The Morgan fingerprint density at radius 3 is 2.00 bits per heavy atom. The van der Waals surface area contributed by atoms with E-state index >= 15 is 0 Å². The van der Waals surface area contributed by atoms with Crippen molar-refractivity contribution in [1.82, 2.24) is 4.90 Å². The third kappa shape index (κ3) is 6.76. The average molecular weight is 300 g/mol. The molecular formula is C11H23ClNO4P. The Morgan fingerprint density at radius 1 is 1.17 bits per heavy atom. The highest BCUT2D eigenvalue weighted by atomic mass is 35.5. The van der Waals surface area contributed by atoms with Gasteiger partial charge in [-0.25, -0.2) is 4.57 Å². The van der Waals surface area contributed by atoms with Gasteiger partial charge in [0, 0.05) is 5.54 Å². The lowest BCUT2D eigenvalue weighted by Gasteiger charge is -2.23. The summed E-state index contributed by atoms with van der Waals surface area (Å²) in [6.45, 7) is 10.2. The molecule has 0 spiro atoms. The van der Waals surface area contributed by atoms with Crippen molar-refractivity contribution in [2.75, 3.05) is 32.8 Å². The second-order valence-electron chi connectivity index (χ2n) is 3.41. The van der Waals surface area contributed by atoms with Crippen LogP contribution in [0.2, 0.25) is 0 Å². The van der Waals surface area contributed by atoms with Gasteiger partial charge in [0.1, 0.15) is 5.76 Å². The van der Waals surface area contributed by atoms with Crippen LogP contribution in [0.25, 0.3) is 0 Å². The van der Waals surface area contributed by atoms with Crippen LogP contribution in [-0.4, -0.2) is 37.7 Å². The Hall–Kier alpha value is -0.0600. The number of likely N-dealkylation sites (N-methyl/N-ethyl adjacent to an activating group) is 1. The van der Waals surface area contributed by atoms with Crippen LogP contribution < -0.4 is 0 Å². The highest BCUT2D eigenvalue weighted by molar-refractivity contribution is 7.48. The van der Waals surface area contributed by atoms with Gasteiger partial charge in [0.05, 0.1) is 19.8 Å². The van der Waals surface area contributed by atoms with Gasteiger partial charge in [-0.3, -0.25) is 13.9 Å². The molecule has 5 nitrogen and oxygen atoms in total. The second kappa shape index (κ2) is 9.82. The van der Waals surface area contributed by atoms with Crippen molar-refractivity contribution in [1.29, 1.82) is 0 Å². The van der Waals surface area contributed by atoms with Crippen molar-refractivity contribution < 1.29 is 18.1 Å². The molecule has 0 fully saturated rings. The van der Waals surface area contributed by atoms with Gasteiger partial charge in [0.25, 0.3) is 0 Å². The van der Waals surface area contributed by atoms with E-state index in [-0.39, 0.29) is 13.2 Å². The smallest absolute Gasteiger partial charge is 0.406 e. The number of nitrogens with zero attached hydrogens (tertiary/aromatic N) is 1. The minimum absolute atomic E-state index is 0.248. The summed E-state index contributed by atoms with van der Waals surface area (Å²) >= 11 is 5.69. The van der Waals surface area contributed by atoms with Crippen molar-refractivity contribution in [2.24, 2.45) is 0 Å². The van der Waals surface area contributed by atoms with Crippen molar-refractivity contribution in [3.63, 3.8) is 0 Å². The Morgan fingerprint density at radius 2 is 1.67 bits per heavy atom. The van der Waals surface area contributed by atoms with Gasteiger partial charge in [-0.1, -0.05) is 25.4 Å². The van der Waals surface area contributed by atoms with E-state index in [0.29, 0.717) is 12.3 Å². The quantitative estimate of drug-likeness (QED) is 0.455. The molecule has 0 rings (SSSR count). The first-order valence-electron chi connectivity index (χ1n) is 6.15. The molecule has 108 valence electrons. The van der Waals surface area contributed by atoms with Gasteiger partial charge in [-0.05, 0) is 26.9 Å². The largest absolute Gasteiger partial charge is 0.529 e. The van der Waals surface area contributed by atoms with Crippen LogP contribution in [0.3, 0.4) is 0 Å². The summed E-state index contributed by atoms with van der Waals surface area (Å²) in [5, 5.41) is 0. The van der Waals surface area contributed by atoms with Crippen LogP contribution >= 0.6 is 19.4 Å². The normalized spacial score (nSPS) is 13.1.